The Kier molecular flexibility index (Phi) is 5.09. The molecule has 1 amide bonds. The smallest absolute Gasteiger partial charge is 0.239 e. The number of hydrogen-bond donors (Lipinski definition) is 1. The Hall–Kier alpha value is -0.570. The lowest BCUT2D eigenvalue weighted by Crippen LogP contribution is -2.53. The minimum Gasteiger partial charge on any atom is -0.338 e. The summed E-state index contributed by atoms with van der Waals surface area (Å²) in [5.41, 5.74) is 0. The van der Waals surface area contributed by atoms with Gasteiger partial charge in [-0.3, -0.25) is 4.79 Å². The third kappa shape index (κ3) is 2.94. The fourth-order valence-electron chi connectivity index (χ4n) is 2.43. The maximum Gasteiger partial charge on any atom is 0.239 e. The van der Waals surface area contributed by atoms with E-state index in [2.05, 4.69) is 31.0 Å². The van der Waals surface area contributed by atoms with Gasteiger partial charge in [-0.1, -0.05) is 20.8 Å². The van der Waals surface area contributed by atoms with Crippen LogP contribution in [0.15, 0.2) is 0 Å². The Bertz CT molecular complexity index is 200. The Morgan fingerprint density at radius 1 is 1.40 bits per heavy atom. The number of carbonyl (C=O) groups excluding carboxylic acids is 1. The number of nitrogens with one attached hydrogen (secondary N) is 1. The molecule has 1 aliphatic rings. The number of amides is 1. The molecule has 1 rings (SSSR count). The van der Waals surface area contributed by atoms with Gasteiger partial charge in [0, 0.05) is 12.6 Å². The SMILES string of the molecule is CCNC1CCCN(C(CC)CC)C1=O. The number of carbonyl (C=O) groups is 1. The second kappa shape index (κ2) is 6.11. The third-order valence-corrected chi connectivity index (χ3v) is 3.31. The molecule has 0 aliphatic carbocycles. The van der Waals surface area contributed by atoms with Crippen molar-refractivity contribution in [2.75, 3.05) is 13.1 Å². The van der Waals surface area contributed by atoms with Crippen molar-refractivity contribution in [2.45, 2.75) is 58.5 Å². The van der Waals surface area contributed by atoms with Gasteiger partial charge in [-0.25, -0.2) is 0 Å². The van der Waals surface area contributed by atoms with Gasteiger partial charge in [0.1, 0.15) is 0 Å². The van der Waals surface area contributed by atoms with Crippen molar-refractivity contribution in [3.63, 3.8) is 0 Å². The monoisotopic (exact) mass is 212 g/mol. The van der Waals surface area contributed by atoms with E-state index in [1.807, 2.05) is 0 Å². The first-order chi connectivity index (χ1) is 7.24. The van der Waals surface area contributed by atoms with E-state index < -0.39 is 0 Å². The highest BCUT2D eigenvalue weighted by molar-refractivity contribution is 5.82. The molecule has 0 aromatic rings. The van der Waals surface area contributed by atoms with Crippen LogP contribution < -0.4 is 5.32 Å². The van der Waals surface area contributed by atoms with Gasteiger partial charge in [-0.15, -0.1) is 0 Å². The number of piperidine rings is 1. The van der Waals surface area contributed by atoms with Crippen LogP contribution in [0, 0.1) is 0 Å². The summed E-state index contributed by atoms with van der Waals surface area (Å²) in [4.78, 5) is 14.2. The molecule has 1 N–H and O–H groups in total. The summed E-state index contributed by atoms with van der Waals surface area (Å²) >= 11 is 0. The second-order valence-electron chi connectivity index (χ2n) is 4.25. The minimum absolute atomic E-state index is 0.0735. The second-order valence-corrected chi connectivity index (χ2v) is 4.25. The molecule has 0 radical (unpaired) electrons. The van der Waals surface area contributed by atoms with Crippen molar-refractivity contribution in [3.8, 4) is 0 Å². The van der Waals surface area contributed by atoms with Crippen LogP contribution in [-0.2, 0) is 4.79 Å². The molecule has 0 saturated carbocycles. The van der Waals surface area contributed by atoms with E-state index in [1.165, 1.54) is 0 Å². The van der Waals surface area contributed by atoms with E-state index in [4.69, 9.17) is 0 Å². The average molecular weight is 212 g/mol. The number of nitrogens with zero attached hydrogens (tertiary/aromatic N) is 1. The molecule has 3 nitrogen and oxygen atoms in total. The molecular formula is C12H24N2O. The van der Waals surface area contributed by atoms with Gasteiger partial charge in [0.05, 0.1) is 6.04 Å². The van der Waals surface area contributed by atoms with Gasteiger partial charge in [0.15, 0.2) is 0 Å². The highest BCUT2D eigenvalue weighted by Crippen LogP contribution is 2.18. The standard InChI is InChI=1S/C12H24N2O/c1-4-10(5-2)14-9-7-8-11(12(14)15)13-6-3/h10-11,13H,4-9H2,1-3H3. The lowest BCUT2D eigenvalue weighted by molar-refractivity contribution is -0.138. The largest absolute Gasteiger partial charge is 0.338 e. The Labute approximate surface area is 93.2 Å². The van der Waals surface area contributed by atoms with Crippen LogP contribution in [-0.4, -0.2) is 36.0 Å². The predicted molar refractivity (Wildman–Crippen MR) is 62.8 cm³/mol. The topological polar surface area (TPSA) is 32.3 Å². The average Bonchev–Trinajstić information content (AvgIpc) is 2.25. The molecule has 1 aliphatic heterocycles. The normalized spacial score (nSPS) is 22.5. The molecule has 1 saturated heterocycles. The van der Waals surface area contributed by atoms with Crippen molar-refractivity contribution in [2.24, 2.45) is 0 Å². The zero-order valence-corrected chi connectivity index (χ0v) is 10.3. The molecule has 0 aromatic carbocycles. The number of hydrogen-bond acceptors (Lipinski definition) is 2. The van der Waals surface area contributed by atoms with Crippen molar-refractivity contribution < 1.29 is 4.79 Å². The number of rotatable bonds is 5. The summed E-state index contributed by atoms with van der Waals surface area (Å²) < 4.78 is 0. The summed E-state index contributed by atoms with van der Waals surface area (Å²) in [6, 6.07) is 0.517. The zero-order valence-electron chi connectivity index (χ0n) is 10.3. The molecule has 3 heteroatoms. The van der Waals surface area contributed by atoms with Crippen LogP contribution in [0.2, 0.25) is 0 Å². The molecule has 0 spiro atoms. The van der Waals surface area contributed by atoms with Gasteiger partial charge in [-0.2, -0.15) is 0 Å². The maximum absolute atomic E-state index is 12.1. The third-order valence-electron chi connectivity index (χ3n) is 3.31. The highest BCUT2D eigenvalue weighted by Gasteiger charge is 2.30. The molecule has 1 unspecified atom stereocenters. The van der Waals surface area contributed by atoms with Gasteiger partial charge in [0.2, 0.25) is 5.91 Å². The summed E-state index contributed by atoms with van der Waals surface area (Å²) in [6.07, 6.45) is 4.28. The van der Waals surface area contributed by atoms with Gasteiger partial charge < -0.3 is 10.2 Å². The van der Waals surface area contributed by atoms with Crippen LogP contribution in [0.4, 0.5) is 0 Å². The Morgan fingerprint density at radius 2 is 2.07 bits per heavy atom. The van der Waals surface area contributed by atoms with Gasteiger partial charge in [-0.05, 0) is 32.2 Å². The Morgan fingerprint density at radius 3 is 2.60 bits per heavy atom. The van der Waals surface area contributed by atoms with Gasteiger partial charge in [0.25, 0.3) is 0 Å². The highest BCUT2D eigenvalue weighted by atomic mass is 16.2. The fourth-order valence-corrected chi connectivity index (χ4v) is 2.43. The van der Waals surface area contributed by atoms with E-state index in [0.29, 0.717) is 11.9 Å². The molecule has 15 heavy (non-hydrogen) atoms. The van der Waals surface area contributed by atoms with E-state index in [9.17, 15) is 4.79 Å². The molecule has 1 fully saturated rings. The van der Waals surface area contributed by atoms with Gasteiger partial charge >= 0.3 is 0 Å². The van der Waals surface area contributed by atoms with Crippen LogP contribution >= 0.6 is 0 Å². The molecule has 1 atom stereocenters. The van der Waals surface area contributed by atoms with Crippen LogP contribution in [0.1, 0.15) is 46.5 Å². The van der Waals surface area contributed by atoms with Crippen molar-refractivity contribution in [1.29, 1.82) is 0 Å². The van der Waals surface area contributed by atoms with Crippen LogP contribution in [0.3, 0.4) is 0 Å². The van der Waals surface area contributed by atoms with E-state index >= 15 is 0 Å². The molecular weight excluding hydrogens is 188 g/mol. The summed E-state index contributed by atoms with van der Waals surface area (Å²) in [5.74, 6) is 0.316. The van der Waals surface area contributed by atoms with E-state index in [-0.39, 0.29) is 6.04 Å². The first-order valence-electron chi connectivity index (χ1n) is 6.28. The van der Waals surface area contributed by atoms with Crippen molar-refractivity contribution >= 4 is 5.91 Å². The van der Waals surface area contributed by atoms with Crippen LogP contribution in [0.5, 0.6) is 0 Å². The zero-order chi connectivity index (χ0) is 11.3. The lowest BCUT2D eigenvalue weighted by Gasteiger charge is -2.37. The molecule has 1 heterocycles. The minimum atomic E-state index is 0.0735. The van der Waals surface area contributed by atoms with Crippen molar-refractivity contribution in [3.05, 3.63) is 0 Å². The Balaban J connectivity index is 2.61. The predicted octanol–water partition coefficient (Wildman–Crippen LogP) is 1.78. The van der Waals surface area contributed by atoms with Crippen molar-refractivity contribution in [1.82, 2.24) is 10.2 Å². The van der Waals surface area contributed by atoms with E-state index in [1.54, 1.807) is 0 Å². The first-order valence-corrected chi connectivity index (χ1v) is 6.28. The lowest BCUT2D eigenvalue weighted by atomic mass is 10.0. The summed E-state index contributed by atoms with van der Waals surface area (Å²) in [6.45, 7) is 8.22. The quantitative estimate of drug-likeness (QED) is 0.753. The first kappa shape index (κ1) is 12.5. The molecule has 88 valence electrons. The maximum atomic E-state index is 12.1. The number of likely N-dealkylation sites (tertiary alicyclic amines) is 1. The summed E-state index contributed by atoms with van der Waals surface area (Å²) in [5, 5.41) is 3.28. The fraction of sp³-hybridized carbons (Fsp3) is 0.917. The summed E-state index contributed by atoms with van der Waals surface area (Å²) in [7, 11) is 0. The molecule has 0 bridgehead atoms. The number of likely N-dealkylation sites (N-methyl/N-ethyl adjacent to an activating group) is 1. The van der Waals surface area contributed by atoms with E-state index in [0.717, 1.165) is 38.8 Å². The molecule has 0 aromatic heterocycles. The van der Waals surface area contributed by atoms with Crippen LogP contribution in [0.25, 0.3) is 0 Å².